The van der Waals surface area contributed by atoms with Gasteiger partial charge in [0.25, 0.3) is 5.91 Å². The zero-order valence-electron chi connectivity index (χ0n) is 34.5. The Morgan fingerprint density at radius 3 is 2.05 bits per heavy atom. The highest BCUT2D eigenvalue weighted by Crippen LogP contribution is 2.36. The topological polar surface area (TPSA) is 193 Å². The van der Waals surface area contributed by atoms with Gasteiger partial charge < -0.3 is 40.5 Å². The Morgan fingerprint density at radius 2 is 1.49 bits per heavy atom. The van der Waals surface area contributed by atoms with Crippen LogP contribution in [0.2, 0.25) is 0 Å². The summed E-state index contributed by atoms with van der Waals surface area (Å²) in [4.78, 5) is 97.9. The monoisotopic (exact) mass is 908 g/mol. The van der Waals surface area contributed by atoms with Crippen LogP contribution in [0.25, 0.3) is 0 Å². The van der Waals surface area contributed by atoms with E-state index in [0.717, 1.165) is 44.9 Å². The van der Waals surface area contributed by atoms with Crippen molar-refractivity contribution in [1.29, 1.82) is 0 Å². The smallest absolute Gasteiger partial charge is 0.408 e. The van der Waals surface area contributed by atoms with Crippen molar-refractivity contribution < 1.29 is 43.0 Å². The Labute approximate surface area is 350 Å². The van der Waals surface area contributed by atoms with E-state index in [9.17, 15) is 33.6 Å². The summed E-state index contributed by atoms with van der Waals surface area (Å²) in [6.45, 7) is 10.4. The maximum absolute atomic E-state index is 14.7. The Kier molecular flexibility index (Phi) is 15.9. The van der Waals surface area contributed by atoms with Crippen LogP contribution >= 0.6 is 22.6 Å². The minimum absolute atomic E-state index is 0.0676. The predicted molar refractivity (Wildman–Crippen MR) is 221 cm³/mol. The van der Waals surface area contributed by atoms with Crippen LogP contribution in [-0.4, -0.2) is 118 Å². The first-order valence-electron chi connectivity index (χ1n) is 19.9. The molecular weight excluding hydrogens is 847 g/mol. The van der Waals surface area contributed by atoms with E-state index in [-0.39, 0.29) is 30.7 Å². The number of nitrogens with one attached hydrogen (secondary N) is 4. The maximum Gasteiger partial charge on any atom is 0.408 e. The third kappa shape index (κ3) is 13.6. The highest BCUT2D eigenvalue weighted by molar-refractivity contribution is 14.1. The van der Waals surface area contributed by atoms with E-state index in [2.05, 4.69) is 43.9 Å². The number of likely N-dealkylation sites (tertiary alicyclic amines) is 1. The molecule has 16 heteroatoms. The molecule has 6 amide bonds. The van der Waals surface area contributed by atoms with Crippen LogP contribution < -0.4 is 21.3 Å². The summed E-state index contributed by atoms with van der Waals surface area (Å²) in [6.07, 6.45) is 4.83. The van der Waals surface area contributed by atoms with Crippen LogP contribution in [0.15, 0.2) is 30.3 Å². The van der Waals surface area contributed by atoms with Crippen molar-refractivity contribution >= 4 is 64.0 Å². The number of halogens is 1. The third-order valence-corrected chi connectivity index (χ3v) is 11.6. The first-order valence-corrected chi connectivity index (χ1v) is 21.2. The molecule has 6 atom stereocenters. The van der Waals surface area contributed by atoms with Crippen LogP contribution in [0.3, 0.4) is 0 Å². The number of likely N-dealkylation sites (N-methyl/N-ethyl adjacent to an activating group) is 1. The largest absolute Gasteiger partial charge is 0.444 e. The molecular formula is C41H61IN6O9. The molecule has 3 fully saturated rings. The molecule has 1 aromatic rings. The molecule has 4 N–H and O–H groups in total. The highest BCUT2D eigenvalue weighted by atomic mass is 127. The number of rotatable bonds is 15. The lowest BCUT2D eigenvalue weighted by atomic mass is 9.83. The summed E-state index contributed by atoms with van der Waals surface area (Å²) >= 11 is 2.11. The van der Waals surface area contributed by atoms with Crippen molar-refractivity contribution in [3.8, 4) is 0 Å². The predicted octanol–water partition coefficient (Wildman–Crippen LogP) is 3.57. The van der Waals surface area contributed by atoms with Gasteiger partial charge in [0.2, 0.25) is 29.4 Å². The number of alkyl carbamates (subject to hydrolysis) is 1. The lowest BCUT2D eigenvalue weighted by Gasteiger charge is -2.35. The van der Waals surface area contributed by atoms with E-state index < -0.39 is 87.4 Å². The molecule has 0 spiro atoms. The molecule has 0 aromatic heterocycles. The second-order valence-corrected chi connectivity index (χ2v) is 19.0. The Hall–Kier alpha value is -3.80. The van der Waals surface area contributed by atoms with Crippen LogP contribution in [0.4, 0.5) is 4.79 Å². The molecule has 57 heavy (non-hydrogen) atoms. The summed E-state index contributed by atoms with van der Waals surface area (Å²) in [5.41, 5.74) is -0.858. The van der Waals surface area contributed by atoms with Gasteiger partial charge in [-0.1, -0.05) is 85.0 Å². The Balaban J connectivity index is 1.52. The molecule has 4 rings (SSSR count). The van der Waals surface area contributed by atoms with Crippen molar-refractivity contribution in [2.45, 2.75) is 138 Å². The van der Waals surface area contributed by atoms with E-state index in [4.69, 9.17) is 9.47 Å². The van der Waals surface area contributed by atoms with Crippen molar-refractivity contribution in [3.63, 3.8) is 0 Å². The second-order valence-electron chi connectivity index (χ2n) is 17.6. The van der Waals surface area contributed by atoms with Gasteiger partial charge in [-0.3, -0.25) is 28.8 Å². The van der Waals surface area contributed by atoms with Gasteiger partial charge in [-0.2, -0.15) is 0 Å². The first-order chi connectivity index (χ1) is 26.6. The van der Waals surface area contributed by atoms with Gasteiger partial charge in [-0.15, -0.1) is 0 Å². The van der Waals surface area contributed by atoms with E-state index in [0.29, 0.717) is 5.56 Å². The molecule has 3 aliphatic rings. The maximum atomic E-state index is 14.7. The van der Waals surface area contributed by atoms with Crippen LogP contribution in [0, 0.1) is 11.8 Å². The number of alkyl halides is 1. The third-order valence-electron chi connectivity index (χ3n) is 10.1. The summed E-state index contributed by atoms with van der Waals surface area (Å²) in [6, 6.07) is 4.37. The van der Waals surface area contributed by atoms with Crippen molar-refractivity contribution in [3.05, 3.63) is 35.9 Å². The van der Waals surface area contributed by atoms with Crippen LogP contribution in [-0.2, 0) is 38.2 Å². The number of hydrogen-bond acceptors (Lipinski definition) is 9. The number of nitrogens with zero attached hydrogens (tertiary/aromatic N) is 2. The molecule has 1 aromatic carbocycles. The standard InChI is InChI=1S/C41H61IN6O9/c1-40(2,3)56-28-23-48(38(54)32(26-17-13-10-14-18-26)46-39(55)57-41(4,5)6)33(30(28)42)35(51)44-27(21-24-19-20-24)34(50)36(52)43-22-29(49)45-31(37(53)47(7)8)25-15-11-9-12-16-25/h9,11-12,15-16,24,26-28,30-33H,10,13-14,17-23H2,1-8H3,(H,43,52)(H,44,51)(H,45,49)(H,46,55)/t27?,28?,30?,31-,32-,33-/m0/s1. The average Bonchev–Trinajstić information content (AvgIpc) is 3.90. The number of carbonyl (C=O) groups excluding carboxylic acids is 7. The van der Waals surface area contributed by atoms with Gasteiger partial charge in [0, 0.05) is 20.6 Å². The minimum atomic E-state index is -1.22. The number of benzene rings is 1. The van der Waals surface area contributed by atoms with E-state index in [1.54, 1.807) is 65.2 Å². The van der Waals surface area contributed by atoms with E-state index in [1.165, 1.54) is 9.80 Å². The van der Waals surface area contributed by atoms with Gasteiger partial charge in [-0.25, -0.2) is 4.79 Å². The van der Waals surface area contributed by atoms with Gasteiger partial charge in [0.1, 0.15) is 23.7 Å². The van der Waals surface area contributed by atoms with Gasteiger partial charge >= 0.3 is 6.09 Å². The molecule has 316 valence electrons. The van der Waals surface area contributed by atoms with E-state index in [1.807, 2.05) is 20.8 Å². The lowest BCUT2D eigenvalue weighted by Crippen LogP contribution is -2.59. The SMILES string of the molecule is CN(C)C(=O)[C@@H](NC(=O)CNC(=O)C(=O)C(CC1CC1)NC(=O)[C@@H]1C(I)C(OC(C)(C)C)CN1C(=O)[C@@H](NC(=O)OC(C)(C)C)C1CCCCC1)c1ccccc1. The first kappa shape index (κ1) is 45.9. The molecule has 15 nitrogen and oxygen atoms in total. The normalized spacial score (nSPS) is 21.7. The van der Waals surface area contributed by atoms with Gasteiger partial charge in [0.15, 0.2) is 0 Å². The number of ketones is 1. The quantitative estimate of drug-likeness (QED) is 0.116. The van der Waals surface area contributed by atoms with E-state index >= 15 is 0 Å². The minimum Gasteiger partial charge on any atom is -0.444 e. The van der Waals surface area contributed by atoms with Crippen molar-refractivity contribution in [2.75, 3.05) is 27.2 Å². The molecule has 0 bridgehead atoms. The number of hydrogen-bond donors (Lipinski definition) is 4. The molecule has 2 saturated carbocycles. The molecule has 2 aliphatic carbocycles. The molecule has 1 saturated heterocycles. The fraction of sp³-hybridized carbons (Fsp3) is 0.683. The molecule has 3 unspecified atom stereocenters. The van der Waals surface area contributed by atoms with Crippen LogP contribution in [0.5, 0.6) is 0 Å². The second kappa shape index (κ2) is 19.8. The fourth-order valence-electron chi connectivity index (χ4n) is 7.30. The number of ether oxygens (including phenoxy) is 2. The molecule has 0 radical (unpaired) electrons. The summed E-state index contributed by atoms with van der Waals surface area (Å²) in [5, 5.41) is 10.6. The Bertz CT molecular complexity index is 1620. The number of amides is 6. The lowest BCUT2D eigenvalue weighted by molar-refractivity contribution is -0.143. The summed E-state index contributed by atoms with van der Waals surface area (Å²) in [7, 11) is 3.13. The van der Waals surface area contributed by atoms with Gasteiger partial charge in [0.05, 0.1) is 28.2 Å². The van der Waals surface area contributed by atoms with Crippen LogP contribution in [0.1, 0.15) is 105 Å². The summed E-state index contributed by atoms with van der Waals surface area (Å²) in [5.74, 6) is -4.18. The average molecular weight is 909 g/mol. The zero-order chi connectivity index (χ0) is 42.2. The van der Waals surface area contributed by atoms with Crippen molar-refractivity contribution in [2.24, 2.45) is 11.8 Å². The number of carbonyl (C=O) groups is 7. The van der Waals surface area contributed by atoms with Gasteiger partial charge in [-0.05, 0) is 78.2 Å². The van der Waals surface area contributed by atoms with Crippen molar-refractivity contribution in [1.82, 2.24) is 31.1 Å². The molecule has 1 heterocycles. The summed E-state index contributed by atoms with van der Waals surface area (Å²) < 4.78 is 11.4. The fourth-order valence-corrected chi connectivity index (χ4v) is 8.39. The zero-order valence-corrected chi connectivity index (χ0v) is 36.7. The molecule has 1 aliphatic heterocycles. The Morgan fingerprint density at radius 1 is 0.860 bits per heavy atom. The number of Topliss-reactive ketones (excluding diaryl/α,β-unsaturated/α-hetero) is 1. The highest BCUT2D eigenvalue weighted by Gasteiger charge is 2.51.